The Morgan fingerprint density at radius 2 is 2.00 bits per heavy atom. The monoisotopic (exact) mass is 265 g/mol. The van der Waals surface area contributed by atoms with Crippen molar-refractivity contribution >= 4 is 17.5 Å². The fraction of sp³-hybridized carbons (Fsp3) is 0.167. The van der Waals surface area contributed by atoms with E-state index in [-0.39, 0.29) is 11.5 Å². The predicted octanol–water partition coefficient (Wildman–Crippen LogP) is 2.43. The number of nitrogens with zero attached hydrogens (tertiary/aromatic N) is 1. The first kappa shape index (κ1) is 12.4. The SMILES string of the molecule is COc1ccc(OCc2cnsc2C(=O)O)cc1. The normalized spacial score (nSPS) is 10.1. The van der Waals surface area contributed by atoms with Crippen molar-refractivity contribution in [2.24, 2.45) is 0 Å². The summed E-state index contributed by atoms with van der Waals surface area (Å²) in [6.45, 7) is 0.185. The zero-order valence-corrected chi connectivity index (χ0v) is 10.4. The number of carbonyl (C=O) groups is 1. The molecule has 0 bridgehead atoms. The molecule has 0 atom stereocenters. The molecule has 0 fully saturated rings. The van der Waals surface area contributed by atoms with Crippen molar-refractivity contribution in [3.8, 4) is 11.5 Å². The number of aromatic nitrogens is 1. The van der Waals surface area contributed by atoms with Gasteiger partial charge in [0.25, 0.3) is 0 Å². The van der Waals surface area contributed by atoms with Gasteiger partial charge in [0.1, 0.15) is 23.0 Å². The maximum absolute atomic E-state index is 10.9. The van der Waals surface area contributed by atoms with E-state index in [0.717, 1.165) is 17.3 Å². The second kappa shape index (κ2) is 5.50. The smallest absolute Gasteiger partial charge is 0.347 e. The molecule has 1 aromatic heterocycles. The van der Waals surface area contributed by atoms with Crippen LogP contribution < -0.4 is 9.47 Å². The number of hydrogen-bond donors (Lipinski definition) is 1. The molecule has 0 saturated heterocycles. The van der Waals surface area contributed by atoms with Gasteiger partial charge in [-0.25, -0.2) is 4.79 Å². The minimum absolute atomic E-state index is 0.185. The van der Waals surface area contributed by atoms with Gasteiger partial charge in [0.2, 0.25) is 0 Å². The first-order valence-corrected chi connectivity index (χ1v) is 5.91. The highest BCUT2D eigenvalue weighted by atomic mass is 32.1. The minimum Gasteiger partial charge on any atom is -0.497 e. The summed E-state index contributed by atoms with van der Waals surface area (Å²) in [5, 5.41) is 8.92. The van der Waals surface area contributed by atoms with Crippen molar-refractivity contribution in [2.75, 3.05) is 7.11 Å². The average molecular weight is 265 g/mol. The summed E-state index contributed by atoms with van der Waals surface area (Å²) in [4.78, 5) is 11.1. The molecule has 5 nitrogen and oxygen atoms in total. The van der Waals surface area contributed by atoms with Crippen LogP contribution in [-0.2, 0) is 6.61 Å². The highest BCUT2D eigenvalue weighted by molar-refractivity contribution is 7.08. The lowest BCUT2D eigenvalue weighted by Crippen LogP contribution is -2.01. The Labute approximate surface area is 108 Å². The lowest BCUT2D eigenvalue weighted by atomic mass is 10.3. The van der Waals surface area contributed by atoms with Crippen LogP contribution in [0.1, 0.15) is 15.2 Å². The van der Waals surface area contributed by atoms with Crippen LogP contribution in [0.3, 0.4) is 0 Å². The van der Waals surface area contributed by atoms with Gasteiger partial charge in [-0.05, 0) is 35.8 Å². The number of ether oxygens (including phenoxy) is 2. The van der Waals surface area contributed by atoms with E-state index >= 15 is 0 Å². The number of aromatic carboxylic acids is 1. The molecule has 0 aliphatic carbocycles. The van der Waals surface area contributed by atoms with Crippen LogP contribution in [-0.4, -0.2) is 22.6 Å². The summed E-state index contributed by atoms with van der Waals surface area (Å²) in [5.74, 6) is 0.412. The molecule has 2 aromatic rings. The van der Waals surface area contributed by atoms with Gasteiger partial charge in [-0.15, -0.1) is 0 Å². The molecule has 1 heterocycles. The second-order valence-corrected chi connectivity index (χ2v) is 4.25. The maximum atomic E-state index is 10.9. The quantitative estimate of drug-likeness (QED) is 0.899. The van der Waals surface area contributed by atoms with Crippen molar-refractivity contribution in [2.45, 2.75) is 6.61 Å². The van der Waals surface area contributed by atoms with E-state index in [4.69, 9.17) is 14.6 Å². The number of rotatable bonds is 5. The van der Waals surface area contributed by atoms with Crippen LogP contribution in [0.5, 0.6) is 11.5 Å². The Morgan fingerprint density at radius 3 is 2.61 bits per heavy atom. The molecule has 1 N–H and O–H groups in total. The van der Waals surface area contributed by atoms with Crippen LogP contribution in [0.25, 0.3) is 0 Å². The van der Waals surface area contributed by atoms with E-state index in [1.807, 2.05) is 0 Å². The molecular weight excluding hydrogens is 254 g/mol. The van der Waals surface area contributed by atoms with Gasteiger partial charge >= 0.3 is 5.97 Å². The van der Waals surface area contributed by atoms with E-state index in [1.165, 1.54) is 6.20 Å². The summed E-state index contributed by atoms with van der Waals surface area (Å²) in [5.41, 5.74) is 0.573. The zero-order chi connectivity index (χ0) is 13.0. The minimum atomic E-state index is -0.981. The number of benzene rings is 1. The third-order valence-electron chi connectivity index (χ3n) is 2.29. The van der Waals surface area contributed by atoms with Gasteiger partial charge in [0.15, 0.2) is 0 Å². The molecule has 1 aromatic carbocycles. The van der Waals surface area contributed by atoms with Crippen molar-refractivity contribution in [1.29, 1.82) is 0 Å². The van der Waals surface area contributed by atoms with Gasteiger partial charge < -0.3 is 14.6 Å². The van der Waals surface area contributed by atoms with E-state index in [0.29, 0.717) is 11.3 Å². The van der Waals surface area contributed by atoms with E-state index in [1.54, 1.807) is 31.4 Å². The molecule has 2 rings (SSSR count). The van der Waals surface area contributed by atoms with E-state index < -0.39 is 5.97 Å². The third-order valence-corrected chi connectivity index (χ3v) is 3.12. The Bertz CT molecular complexity index is 535. The van der Waals surface area contributed by atoms with Crippen LogP contribution in [0.2, 0.25) is 0 Å². The van der Waals surface area contributed by atoms with Crippen LogP contribution in [0.15, 0.2) is 30.5 Å². The molecule has 0 amide bonds. The summed E-state index contributed by atoms with van der Waals surface area (Å²) < 4.78 is 14.4. The highest BCUT2D eigenvalue weighted by Gasteiger charge is 2.13. The van der Waals surface area contributed by atoms with Gasteiger partial charge in [0, 0.05) is 11.8 Å². The molecular formula is C12H11NO4S. The van der Waals surface area contributed by atoms with Gasteiger partial charge in [-0.2, -0.15) is 4.37 Å². The largest absolute Gasteiger partial charge is 0.497 e. The Morgan fingerprint density at radius 1 is 1.33 bits per heavy atom. The predicted molar refractivity (Wildman–Crippen MR) is 66.4 cm³/mol. The van der Waals surface area contributed by atoms with Crippen LogP contribution >= 0.6 is 11.5 Å². The molecule has 0 saturated carbocycles. The van der Waals surface area contributed by atoms with Crippen molar-refractivity contribution in [1.82, 2.24) is 4.37 Å². The molecule has 0 radical (unpaired) electrons. The fourth-order valence-electron chi connectivity index (χ4n) is 1.37. The summed E-state index contributed by atoms with van der Waals surface area (Å²) >= 11 is 0.949. The van der Waals surface area contributed by atoms with Crippen LogP contribution in [0, 0.1) is 0 Å². The first-order chi connectivity index (χ1) is 8.70. The molecule has 6 heteroatoms. The van der Waals surface area contributed by atoms with Crippen LogP contribution in [0.4, 0.5) is 0 Å². The maximum Gasteiger partial charge on any atom is 0.347 e. The first-order valence-electron chi connectivity index (χ1n) is 5.14. The zero-order valence-electron chi connectivity index (χ0n) is 9.62. The number of carboxylic acids is 1. The highest BCUT2D eigenvalue weighted by Crippen LogP contribution is 2.20. The summed E-state index contributed by atoms with van der Waals surface area (Å²) in [7, 11) is 1.59. The Hall–Kier alpha value is -2.08. The Balaban J connectivity index is 2.02. The van der Waals surface area contributed by atoms with Crippen molar-refractivity contribution < 1.29 is 19.4 Å². The topological polar surface area (TPSA) is 68.7 Å². The van der Waals surface area contributed by atoms with Gasteiger partial charge in [-0.3, -0.25) is 0 Å². The molecule has 0 spiro atoms. The second-order valence-electron chi connectivity index (χ2n) is 3.45. The fourth-order valence-corrected chi connectivity index (χ4v) is 1.96. The lowest BCUT2D eigenvalue weighted by Gasteiger charge is -2.06. The third kappa shape index (κ3) is 2.78. The Kier molecular flexibility index (Phi) is 3.78. The summed E-state index contributed by atoms with van der Waals surface area (Å²) in [6, 6.07) is 7.08. The molecule has 0 aliphatic rings. The average Bonchev–Trinajstić information content (AvgIpc) is 2.85. The van der Waals surface area contributed by atoms with Gasteiger partial charge in [-0.1, -0.05) is 0 Å². The molecule has 18 heavy (non-hydrogen) atoms. The molecule has 94 valence electrons. The van der Waals surface area contributed by atoms with E-state index in [9.17, 15) is 4.79 Å². The van der Waals surface area contributed by atoms with Gasteiger partial charge in [0.05, 0.1) is 7.11 Å². The lowest BCUT2D eigenvalue weighted by molar-refractivity contribution is 0.0699. The number of carboxylic acid groups (broad SMARTS) is 1. The molecule has 0 aliphatic heterocycles. The van der Waals surface area contributed by atoms with Crippen molar-refractivity contribution in [3.05, 3.63) is 40.9 Å². The summed E-state index contributed by atoms with van der Waals surface area (Å²) in [6.07, 6.45) is 1.51. The number of hydrogen-bond acceptors (Lipinski definition) is 5. The van der Waals surface area contributed by atoms with Crippen molar-refractivity contribution in [3.63, 3.8) is 0 Å². The molecule has 0 unspecified atom stereocenters. The van der Waals surface area contributed by atoms with E-state index in [2.05, 4.69) is 4.37 Å². The standard InChI is InChI=1S/C12H11NO4S/c1-16-9-2-4-10(5-3-9)17-7-8-6-13-18-11(8)12(14)15/h2-6H,7H2,1H3,(H,14,15). The number of methoxy groups -OCH3 is 1.